The molecule has 0 bridgehead atoms. The van der Waals surface area contributed by atoms with Gasteiger partial charge in [0.05, 0.1) is 11.6 Å². The summed E-state index contributed by atoms with van der Waals surface area (Å²) in [6.45, 7) is 2.07. The van der Waals surface area contributed by atoms with E-state index in [1.165, 1.54) is 5.57 Å². The maximum absolute atomic E-state index is 9.31. The smallest absolute Gasteiger partial charge is 0.0997 e. The van der Waals surface area contributed by atoms with Gasteiger partial charge in [0.25, 0.3) is 0 Å². The maximum atomic E-state index is 9.31. The zero-order valence-corrected chi connectivity index (χ0v) is 10.7. The van der Waals surface area contributed by atoms with Gasteiger partial charge < -0.3 is 4.90 Å². The topological polar surface area (TPSA) is 27.0 Å². The summed E-state index contributed by atoms with van der Waals surface area (Å²) in [6.07, 6.45) is 1.98. The number of halogens is 1. The lowest BCUT2D eigenvalue weighted by Gasteiger charge is -2.25. The minimum absolute atomic E-state index is 0.708. The first-order valence-electron chi connectivity index (χ1n) is 5.77. The predicted molar refractivity (Wildman–Crippen MR) is 70.7 cm³/mol. The van der Waals surface area contributed by atoms with Gasteiger partial charge in [0.2, 0.25) is 0 Å². The van der Waals surface area contributed by atoms with Gasteiger partial charge in [-0.25, -0.2) is 0 Å². The van der Waals surface area contributed by atoms with E-state index in [9.17, 15) is 5.26 Å². The molecule has 1 saturated heterocycles. The first-order valence-corrected chi connectivity index (χ1v) is 6.15. The quantitative estimate of drug-likeness (QED) is 0.711. The fourth-order valence-corrected chi connectivity index (χ4v) is 2.23. The highest BCUT2D eigenvalue weighted by molar-refractivity contribution is 6.30. The van der Waals surface area contributed by atoms with Crippen molar-refractivity contribution in [3.8, 4) is 6.07 Å². The Balaban J connectivity index is 2.30. The highest BCUT2D eigenvalue weighted by Gasteiger charge is 2.15. The molecule has 0 aromatic heterocycles. The molecule has 1 aliphatic heterocycles. The fraction of sp³-hybridized carbons (Fsp3) is 0.357. The van der Waals surface area contributed by atoms with E-state index in [0.29, 0.717) is 5.02 Å². The summed E-state index contributed by atoms with van der Waals surface area (Å²) in [5, 5.41) is 10.0. The summed E-state index contributed by atoms with van der Waals surface area (Å²) in [4.78, 5) is 2.29. The highest BCUT2D eigenvalue weighted by atomic mass is 35.5. The van der Waals surface area contributed by atoms with Crippen LogP contribution in [0, 0.1) is 11.3 Å². The van der Waals surface area contributed by atoms with Crippen LogP contribution < -0.4 is 0 Å². The molecule has 0 spiro atoms. The number of hydrogen-bond donors (Lipinski definition) is 0. The van der Waals surface area contributed by atoms with Crippen LogP contribution in [0.25, 0.3) is 5.57 Å². The van der Waals surface area contributed by atoms with Crippen molar-refractivity contribution in [2.75, 3.05) is 20.1 Å². The molecule has 2 rings (SSSR count). The van der Waals surface area contributed by atoms with Gasteiger partial charge in [-0.1, -0.05) is 23.7 Å². The molecule has 0 amide bonds. The van der Waals surface area contributed by atoms with Crippen LogP contribution in [-0.2, 0) is 0 Å². The van der Waals surface area contributed by atoms with E-state index in [1.807, 2.05) is 24.3 Å². The van der Waals surface area contributed by atoms with Gasteiger partial charge in [0.1, 0.15) is 0 Å². The Labute approximate surface area is 107 Å². The van der Waals surface area contributed by atoms with Gasteiger partial charge in [-0.15, -0.1) is 0 Å². The standard InChI is InChI=1S/C14H15ClN2/c1-17-8-6-12(7-9-17)14(10-16)11-2-4-13(15)5-3-11/h2-5H,6-9H2,1H3. The van der Waals surface area contributed by atoms with Gasteiger partial charge in [0, 0.05) is 18.1 Å². The average Bonchev–Trinajstić information content (AvgIpc) is 2.35. The Morgan fingerprint density at radius 3 is 2.35 bits per heavy atom. The molecule has 0 radical (unpaired) electrons. The predicted octanol–water partition coefficient (Wildman–Crippen LogP) is 3.34. The molecule has 0 N–H and O–H groups in total. The summed E-state index contributed by atoms with van der Waals surface area (Å²) in [7, 11) is 2.12. The van der Waals surface area contributed by atoms with Crippen molar-refractivity contribution < 1.29 is 0 Å². The van der Waals surface area contributed by atoms with E-state index in [2.05, 4.69) is 18.0 Å². The lowest BCUT2D eigenvalue weighted by atomic mass is 9.94. The molecule has 1 heterocycles. The second-order valence-electron chi connectivity index (χ2n) is 4.40. The summed E-state index contributed by atoms with van der Waals surface area (Å²) in [6, 6.07) is 9.86. The molecule has 2 nitrogen and oxygen atoms in total. The molecule has 17 heavy (non-hydrogen) atoms. The van der Waals surface area contributed by atoms with Crippen molar-refractivity contribution in [3.05, 3.63) is 40.4 Å². The van der Waals surface area contributed by atoms with Crippen molar-refractivity contribution in [2.45, 2.75) is 12.8 Å². The lowest BCUT2D eigenvalue weighted by Crippen LogP contribution is -2.26. The van der Waals surface area contributed by atoms with Crippen LogP contribution in [0.5, 0.6) is 0 Å². The molecule has 1 aromatic rings. The summed E-state index contributed by atoms with van der Waals surface area (Å²) >= 11 is 5.86. The first kappa shape index (κ1) is 12.2. The third-order valence-corrected chi connectivity index (χ3v) is 3.44. The normalized spacial score (nSPS) is 16.6. The molecular formula is C14H15ClN2. The molecule has 0 atom stereocenters. The molecule has 0 saturated carbocycles. The number of hydrogen-bond acceptors (Lipinski definition) is 2. The largest absolute Gasteiger partial charge is 0.306 e. The number of likely N-dealkylation sites (tertiary alicyclic amines) is 1. The Bertz CT molecular complexity index is 458. The maximum Gasteiger partial charge on any atom is 0.0997 e. The molecule has 88 valence electrons. The second-order valence-corrected chi connectivity index (χ2v) is 4.84. The fourth-order valence-electron chi connectivity index (χ4n) is 2.10. The minimum Gasteiger partial charge on any atom is -0.306 e. The van der Waals surface area contributed by atoms with Crippen LogP contribution in [0.4, 0.5) is 0 Å². The van der Waals surface area contributed by atoms with Crippen molar-refractivity contribution in [3.63, 3.8) is 0 Å². The van der Waals surface area contributed by atoms with Crippen LogP contribution in [0.15, 0.2) is 29.8 Å². The number of piperidine rings is 1. The van der Waals surface area contributed by atoms with Crippen LogP contribution in [0.3, 0.4) is 0 Å². The first-order chi connectivity index (χ1) is 8.20. The van der Waals surface area contributed by atoms with E-state index >= 15 is 0 Å². The SMILES string of the molecule is CN1CCC(=C(C#N)c2ccc(Cl)cc2)CC1. The summed E-state index contributed by atoms with van der Waals surface area (Å²) in [5.74, 6) is 0. The third kappa shape index (κ3) is 2.88. The average molecular weight is 247 g/mol. The third-order valence-electron chi connectivity index (χ3n) is 3.19. The van der Waals surface area contributed by atoms with E-state index in [4.69, 9.17) is 11.6 Å². The zero-order chi connectivity index (χ0) is 12.3. The van der Waals surface area contributed by atoms with Gasteiger partial charge in [-0.2, -0.15) is 5.26 Å². The molecule has 1 aliphatic rings. The van der Waals surface area contributed by atoms with Crippen molar-refractivity contribution in [1.29, 1.82) is 5.26 Å². The number of rotatable bonds is 1. The van der Waals surface area contributed by atoms with Gasteiger partial charge in [-0.05, 0) is 43.2 Å². The van der Waals surface area contributed by atoms with E-state index in [1.54, 1.807) is 0 Å². The number of nitriles is 1. The van der Waals surface area contributed by atoms with E-state index in [0.717, 1.165) is 37.1 Å². The van der Waals surface area contributed by atoms with Crippen LogP contribution in [-0.4, -0.2) is 25.0 Å². The van der Waals surface area contributed by atoms with Crippen molar-refractivity contribution in [1.82, 2.24) is 4.90 Å². The van der Waals surface area contributed by atoms with Gasteiger partial charge in [-0.3, -0.25) is 0 Å². The van der Waals surface area contributed by atoms with Crippen LogP contribution in [0.1, 0.15) is 18.4 Å². The molecule has 1 aromatic carbocycles. The molecular weight excluding hydrogens is 232 g/mol. The van der Waals surface area contributed by atoms with E-state index in [-0.39, 0.29) is 0 Å². The summed E-state index contributed by atoms with van der Waals surface area (Å²) in [5.41, 5.74) is 3.08. The van der Waals surface area contributed by atoms with E-state index < -0.39 is 0 Å². The molecule has 1 fully saturated rings. The van der Waals surface area contributed by atoms with Crippen LogP contribution in [0.2, 0.25) is 5.02 Å². The van der Waals surface area contributed by atoms with Gasteiger partial charge in [0.15, 0.2) is 0 Å². The Hall–Kier alpha value is -1.30. The zero-order valence-electron chi connectivity index (χ0n) is 9.91. The molecule has 0 unspecified atom stereocenters. The number of nitrogens with zero attached hydrogens (tertiary/aromatic N) is 2. The monoisotopic (exact) mass is 246 g/mol. The molecule has 0 aliphatic carbocycles. The summed E-state index contributed by atoms with van der Waals surface area (Å²) < 4.78 is 0. The van der Waals surface area contributed by atoms with Crippen molar-refractivity contribution >= 4 is 17.2 Å². The van der Waals surface area contributed by atoms with Gasteiger partial charge >= 0.3 is 0 Å². The Kier molecular flexibility index (Phi) is 3.83. The Morgan fingerprint density at radius 2 is 1.82 bits per heavy atom. The highest BCUT2D eigenvalue weighted by Crippen LogP contribution is 2.26. The number of benzene rings is 1. The number of allylic oxidation sites excluding steroid dienone is 1. The minimum atomic E-state index is 0.708. The van der Waals surface area contributed by atoms with Crippen molar-refractivity contribution in [2.24, 2.45) is 0 Å². The van der Waals surface area contributed by atoms with Crippen LogP contribution >= 0.6 is 11.6 Å². The Morgan fingerprint density at radius 1 is 1.24 bits per heavy atom. The second kappa shape index (κ2) is 5.35. The molecule has 3 heteroatoms. The lowest BCUT2D eigenvalue weighted by molar-refractivity contribution is 0.313.